The summed E-state index contributed by atoms with van der Waals surface area (Å²) in [5.41, 5.74) is 0. The van der Waals surface area contributed by atoms with Gasteiger partial charge in [-0.25, -0.2) is 0 Å². The first-order valence-corrected chi connectivity index (χ1v) is 21.0. The van der Waals surface area contributed by atoms with E-state index in [-0.39, 0.29) is 1.05 Å². The molecule has 0 aliphatic carbocycles. The smallest absolute Gasteiger partial charge is 0.189 e. The number of aliphatic hydroxyl groups is 1. The molecule has 5 rings (SSSR count). The Morgan fingerprint density at radius 1 is 0.591 bits per heavy atom. The number of rotatable bonds is 13. The standard InChI is InChI=1S/C18H15P.C8H15BrO.C8H16O2.CBr4/c1-4-10-16(11-5-1)19(17-12-6-2-7-13-17)18-14-8-3-9-15-18;2*1-2-7-8(10-7)5-3-4-6-9;2-1(3,4)5/h1-15H;7-8H,2-6H2,1H3;7-9H,2-6H2,1H3;/t;2*7-,8?;/m.11./s1. The number of hydrogen-bond acceptors (Lipinski definition) is 3. The molecule has 0 aromatic heterocycles. The summed E-state index contributed by atoms with van der Waals surface area (Å²) < 4.78 is 10.5. The van der Waals surface area contributed by atoms with Crippen molar-refractivity contribution in [3.63, 3.8) is 0 Å². The van der Waals surface area contributed by atoms with Crippen LogP contribution in [0.25, 0.3) is 0 Å². The highest BCUT2D eigenvalue weighted by molar-refractivity contribution is 9.52. The van der Waals surface area contributed by atoms with E-state index in [1.54, 1.807) is 0 Å². The highest BCUT2D eigenvalue weighted by atomic mass is 80.0. The summed E-state index contributed by atoms with van der Waals surface area (Å²) in [5.74, 6) is 0. The van der Waals surface area contributed by atoms with E-state index in [4.69, 9.17) is 14.6 Å². The van der Waals surface area contributed by atoms with Crippen molar-refractivity contribution in [2.75, 3.05) is 11.9 Å². The lowest BCUT2D eigenvalue weighted by Crippen LogP contribution is -2.20. The molecule has 9 heteroatoms. The largest absolute Gasteiger partial charge is 0.396 e. The van der Waals surface area contributed by atoms with E-state index in [0.29, 0.717) is 31.0 Å². The zero-order valence-electron chi connectivity index (χ0n) is 25.6. The van der Waals surface area contributed by atoms with Gasteiger partial charge in [0.25, 0.3) is 0 Å². The predicted molar refractivity (Wildman–Crippen MR) is 210 cm³/mol. The minimum atomic E-state index is -0.446. The van der Waals surface area contributed by atoms with Gasteiger partial charge in [-0.05, 0) is 139 Å². The lowest BCUT2D eigenvalue weighted by atomic mass is 10.1. The molecular weight excluding hydrogens is 899 g/mol. The first kappa shape index (κ1) is 40.5. The van der Waals surface area contributed by atoms with Crippen LogP contribution in [0.2, 0.25) is 0 Å². The second-order valence-corrected chi connectivity index (χ2v) is 24.6. The number of alkyl halides is 5. The van der Waals surface area contributed by atoms with Gasteiger partial charge in [-0.15, -0.1) is 0 Å². The van der Waals surface area contributed by atoms with Gasteiger partial charge in [-0.2, -0.15) is 0 Å². The number of unbranched alkanes of at least 4 members (excludes halogenated alkanes) is 2. The van der Waals surface area contributed by atoms with Gasteiger partial charge in [0.2, 0.25) is 0 Å². The molecule has 3 nitrogen and oxygen atoms in total. The Kier molecular flexibility index (Phi) is 21.8. The highest BCUT2D eigenvalue weighted by Gasteiger charge is 2.36. The molecule has 44 heavy (non-hydrogen) atoms. The average molecular weight is 945 g/mol. The molecule has 2 unspecified atom stereocenters. The zero-order valence-corrected chi connectivity index (χ0v) is 34.5. The van der Waals surface area contributed by atoms with Crippen molar-refractivity contribution >= 4 is 103 Å². The van der Waals surface area contributed by atoms with E-state index in [9.17, 15) is 0 Å². The van der Waals surface area contributed by atoms with Crippen molar-refractivity contribution in [3.05, 3.63) is 91.0 Å². The number of hydrogen-bond donors (Lipinski definition) is 1. The SMILES string of the molecule is BrC(Br)(Br)Br.CC[C@H]1OC1CCCCBr.CC[C@H]1OC1CCCCO.c1ccc(P(c2ccccc2)c2ccccc2)cc1. The van der Waals surface area contributed by atoms with Crippen molar-refractivity contribution in [3.8, 4) is 0 Å². The van der Waals surface area contributed by atoms with Crippen LogP contribution in [0.5, 0.6) is 0 Å². The minimum absolute atomic E-state index is 0.250. The van der Waals surface area contributed by atoms with Gasteiger partial charge in [-0.1, -0.05) is 121 Å². The Morgan fingerprint density at radius 3 is 1.20 bits per heavy atom. The first-order valence-electron chi connectivity index (χ1n) is 15.4. The second kappa shape index (κ2) is 23.7. The van der Waals surface area contributed by atoms with Gasteiger partial charge in [0.05, 0.1) is 24.4 Å². The lowest BCUT2D eigenvalue weighted by Gasteiger charge is -2.18. The lowest BCUT2D eigenvalue weighted by molar-refractivity contribution is 0.278. The quantitative estimate of drug-likeness (QED) is 0.0804. The number of ether oxygens (including phenoxy) is 2. The van der Waals surface area contributed by atoms with Crippen LogP contribution < -0.4 is 15.9 Å². The van der Waals surface area contributed by atoms with E-state index in [0.717, 1.165) is 31.0 Å². The Bertz CT molecular complexity index is 982. The fourth-order valence-electron chi connectivity index (χ4n) is 4.66. The van der Waals surface area contributed by atoms with Gasteiger partial charge in [0, 0.05) is 11.9 Å². The fraction of sp³-hybridized carbons (Fsp3) is 0.486. The van der Waals surface area contributed by atoms with Crippen molar-refractivity contribution in [1.82, 2.24) is 0 Å². The van der Waals surface area contributed by atoms with Crippen LogP contribution in [0.1, 0.15) is 65.2 Å². The molecule has 3 aromatic carbocycles. The predicted octanol–water partition coefficient (Wildman–Crippen LogP) is 10.7. The molecule has 0 radical (unpaired) electrons. The highest BCUT2D eigenvalue weighted by Crippen LogP contribution is 2.39. The van der Waals surface area contributed by atoms with Gasteiger partial charge in [0.1, 0.15) is 0 Å². The maximum atomic E-state index is 8.48. The van der Waals surface area contributed by atoms with Gasteiger partial charge in [0.15, 0.2) is 1.05 Å². The summed E-state index contributed by atoms with van der Waals surface area (Å²) in [5, 5.41) is 13.8. The average Bonchev–Trinajstić information content (AvgIpc) is 3.95. The molecular formula is C35H46Br5O3P. The number of epoxide rings is 2. The van der Waals surface area contributed by atoms with Gasteiger partial charge < -0.3 is 14.6 Å². The first-order chi connectivity index (χ1) is 21.2. The summed E-state index contributed by atoms with van der Waals surface area (Å²) >= 11 is 15.9. The van der Waals surface area contributed by atoms with Gasteiger partial charge >= 0.3 is 0 Å². The maximum absolute atomic E-state index is 8.48. The molecule has 4 atom stereocenters. The van der Waals surface area contributed by atoms with Crippen molar-refractivity contribution < 1.29 is 14.6 Å². The minimum Gasteiger partial charge on any atom is -0.396 e. The van der Waals surface area contributed by atoms with Crippen molar-refractivity contribution in [1.29, 1.82) is 0 Å². The molecule has 2 aliphatic rings. The Balaban J connectivity index is 0.000000230. The third-order valence-electron chi connectivity index (χ3n) is 6.99. The van der Waals surface area contributed by atoms with Crippen molar-refractivity contribution in [2.24, 2.45) is 0 Å². The monoisotopic (exact) mass is 940 g/mol. The van der Waals surface area contributed by atoms with Crippen molar-refractivity contribution in [2.45, 2.75) is 90.7 Å². The molecule has 2 fully saturated rings. The molecule has 2 heterocycles. The molecule has 3 aromatic rings. The fourth-order valence-corrected chi connectivity index (χ4v) is 7.36. The van der Waals surface area contributed by atoms with Crippen LogP contribution in [0.15, 0.2) is 91.0 Å². The Hall–Kier alpha value is 0.370. The maximum Gasteiger partial charge on any atom is 0.189 e. The second-order valence-electron chi connectivity index (χ2n) is 10.4. The van der Waals surface area contributed by atoms with E-state index in [2.05, 4.69) is 184 Å². The van der Waals surface area contributed by atoms with Crippen LogP contribution in [-0.4, -0.2) is 42.5 Å². The van der Waals surface area contributed by atoms with E-state index < -0.39 is 7.92 Å². The third-order valence-corrected chi connectivity index (χ3v) is 10.00. The van der Waals surface area contributed by atoms with Crippen LogP contribution in [0.4, 0.5) is 0 Å². The molecule has 1 N–H and O–H groups in total. The number of halogens is 5. The van der Waals surface area contributed by atoms with Crippen LogP contribution in [0, 0.1) is 0 Å². The summed E-state index contributed by atoms with van der Waals surface area (Å²) in [6.07, 6.45) is 11.7. The molecule has 0 amide bonds. The summed E-state index contributed by atoms with van der Waals surface area (Å²) in [6, 6.07) is 32.3. The third kappa shape index (κ3) is 18.6. The molecule has 0 bridgehead atoms. The topological polar surface area (TPSA) is 45.3 Å². The zero-order chi connectivity index (χ0) is 32.2. The Morgan fingerprint density at radius 2 is 0.932 bits per heavy atom. The summed E-state index contributed by atoms with van der Waals surface area (Å²) in [6.45, 7) is 4.66. The van der Waals surface area contributed by atoms with Crippen LogP contribution >= 0.6 is 87.6 Å². The van der Waals surface area contributed by atoms with Gasteiger partial charge in [-0.3, -0.25) is 0 Å². The molecule has 244 valence electrons. The van der Waals surface area contributed by atoms with E-state index >= 15 is 0 Å². The van der Waals surface area contributed by atoms with Crippen LogP contribution in [-0.2, 0) is 9.47 Å². The van der Waals surface area contributed by atoms with Crippen LogP contribution in [0.3, 0.4) is 0 Å². The molecule has 2 aliphatic heterocycles. The van der Waals surface area contributed by atoms with E-state index in [1.165, 1.54) is 41.6 Å². The molecule has 0 saturated carbocycles. The normalized spacial score (nSPS) is 19.8. The Labute approximate surface area is 309 Å². The summed E-state index contributed by atoms with van der Waals surface area (Å²) in [7, 11) is -0.446. The number of benzene rings is 3. The molecule has 2 saturated heterocycles. The molecule has 0 spiro atoms. The number of aliphatic hydroxyl groups excluding tert-OH is 1. The summed E-state index contributed by atoms with van der Waals surface area (Å²) in [4.78, 5) is 0. The van der Waals surface area contributed by atoms with E-state index in [1.807, 2.05) is 0 Å².